The van der Waals surface area contributed by atoms with E-state index < -0.39 is 5.60 Å². The molecule has 0 atom stereocenters. The molecule has 1 rings (SSSR count). The van der Waals surface area contributed by atoms with Gasteiger partial charge in [-0.3, -0.25) is 4.98 Å². The highest BCUT2D eigenvalue weighted by atomic mass is 16.5. The molecule has 0 bridgehead atoms. The minimum absolute atomic E-state index is 0.497. The first-order valence-electron chi connectivity index (χ1n) is 4.23. The molecule has 0 fully saturated rings. The number of methoxy groups -OCH3 is 1. The van der Waals surface area contributed by atoms with Crippen molar-refractivity contribution < 1.29 is 9.84 Å². The lowest BCUT2D eigenvalue weighted by Crippen LogP contribution is -2.22. The summed E-state index contributed by atoms with van der Waals surface area (Å²) in [5.41, 5.74) is 0.0410. The second-order valence-corrected chi connectivity index (χ2v) is 3.64. The molecule has 0 unspecified atom stereocenters. The second-order valence-electron chi connectivity index (χ2n) is 3.64. The molecule has 1 N–H and O–H groups in total. The van der Waals surface area contributed by atoms with Crippen molar-refractivity contribution >= 4 is 0 Å². The van der Waals surface area contributed by atoms with E-state index in [-0.39, 0.29) is 0 Å². The quantitative estimate of drug-likeness (QED) is 0.766. The van der Waals surface area contributed by atoms with Gasteiger partial charge in [0, 0.05) is 12.6 Å². The summed E-state index contributed by atoms with van der Waals surface area (Å²) in [7, 11) is 1.60. The van der Waals surface area contributed by atoms with Crippen LogP contribution >= 0.6 is 0 Å². The summed E-state index contributed by atoms with van der Waals surface area (Å²) in [6.07, 6.45) is 2.20. The predicted molar refractivity (Wildman–Crippen MR) is 50.8 cm³/mol. The fourth-order valence-electron chi connectivity index (χ4n) is 1.15. The Bertz CT molecular complexity index is 278. The largest absolute Gasteiger partial charge is 0.495 e. The van der Waals surface area contributed by atoms with Gasteiger partial charge in [0.05, 0.1) is 18.4 Å². The number of ether oxygens (including phenoxy) is 1. The normalized spacial score (nSPS) is 11.4. The first-order chi connectivity index (χ1) is 6.03. The SMILES string of the molecule is COc1cccnc1CC(C)(C)O. The number of rotatable bonds is 3. The van der Waals surface area contributed by atoms with Crippen molar-refractivity contribution in [1.29, 1.82) is 0 Å². The highest BCUT2D eigenvalue weighted by Crippen LogP contribution is 2.19. The van der Waals surface area contributed by atoms with Crippen LogP contribution in [0.3, 0.4) is 0 Å². The number of nitrogens with zero attached hydrogens (tertiary/aromatic N) is 1. The van der Waals surface area contributed by atoms with E-state index in [4.69, 9.17) is 4.74 Å². The Morgan fingerprint density at radius 1 is 1.54 bits per heavy atom. The zero-order chi connectivity index (χ0) is 9.90. The molecule has 3 nitrogen and oxygen atoms in total. The van der Waals surface area contributed by atoms with Crippen LogP contribution < -0.4 is 4.74 Å². The van der Waals surface area contributed by atoms with Gasteiger partial charge in [-0.2, -0.15) is 0 Å². The summed E-state index contributed by atoms with van der Waals surface area (Å²) >= 11 is 0. The zero-order valence-corrected chi connectivity index (χ0v) is 8.24. The Morgan fingerprint density at radius 3 is 2.77 bits per heavy atom. The average molecular weight is 181 g/mol. The van der Waals surface area contributed by atoms with Gasteiger partial charge in [-0.15, -0.1) is 0 Å². The maximum Gasteiger partial charge on any atom is 0.140 e. The van der Waals surface area contributed by atoms with Crippen molar-refractivity contribution in [2.75, 3.05) is 7.11 Å². The molecule has 0 aliphatic rings. The highest BCUT2D eigenvalue weighted by molar-refractivity contribution is 5.27. The van der Waals surface area contributed by atoms with Gasteiger partial charge < -0.3 is 9.84 Å². The van der Waals surface area contributed by atoms with Crippen molar-refractivity contribution in [2.45, 2.75) is 25.9 Å². The molecular weight excluding hydrogens is 166 g/mol. The minimum Gasteiger partial charge on any atom is -0.495 e. The lowest BCUT2D eigenvalue weighted by molar-refractivity contribution is 0.0791. The minimum atomic E-state index is -0.748. The molecule has 0 amide bonds. The standard InChI is InChI=1S/C10H15NO2/c1-10(2,12)7-8-9(13-3)5-4-6-11-8/h4-6,12H,7H2,1-3H3. The molecule has 0 aromatic carbocycles. The van der Waals surface area contributed by atoms with E-state index in [1.807, 2.05) is 12.1 Å². The molecule has 3 heteroatoms. The summed E-state index contributed by atoms with van der Waals surface area (Å²) in [5, 5.41) is 9.60. The second kappa shape index (κ2) is 3.75. The van der Waals surface area contributed by atoms with Gasteiger partial charge in [-0.1, -0.05) is 0 Å². The van der Waals surface area contributed by atoms with Crippen LogP contribution in [-0.2, 0) is 6.42 Å². The van der Waals surface area contributed by atoms with Crippen LogP contribution in [0, 0.1) is 0 Å². The molecule has 0 radical (unpaired) electrons. The van der Waals surface area contributed by atoms with Crippen LogP contribution in [0.4, 0.5) is 0 Å². The van der Waals surface area contributed by atoms with Crippen LogP contribution in [0.2, 0.25) is 0 Å². The molecular formula is C10H15NO2. The van der Waals surface area contributed by atoms with Gasteiger partial charge in [-0.05, 0) is 26.0 Å². The van der Waals surface area contributed by atoms with Crippen molar-refractivity contribution in [1.82, 2.24) is 4.98 Å². The molecule has 13 heavy (non-hydrogen) atoms. The fraction of sp³-hybridized carbons (Fsp3) is 0.500. The Hall–Kier alpha value is -1.09. The Morgan fingerprint density at radius 2 is 2.23 bits per heavy atom. The van der Waals surface area contributed by atoms with E-state index in [1.165, 1.54) is 0 Å². The summed E-state index contributed by atoms with van der Waals surface area (Å²) < 4.78 is 5.12. The monoisotopic (exact) mass is 181 g/mol. The average Bonchev–Trinajstić information content (AvgIpc) is 2.02. The first kappa shape index (κ1) is 9.99. The van der Waals surface area contributed by atoms with Crippen molar-refractivity contribution in [3.63, 3.8) is 0 Å². The molecule has 0 saturated heterocycles. The van der Waals surface area contributed by atoms with Gasteiger partial charge in [0.2, 0.25) is 0 Å². The lowest BCUT2D eigenvalue weighted by atomic mass is 10.0. The summed E-state index contributed by atoms with van der Waals surface area (Å²) in [4.78, 5) is 4.15. The lowest BCUT2D eigenvalue weighted by Gasteiger charge is -2.17. The van der Waals surface area contributed by atoms with E-state index in [9.17, 15) is 5.11 Å². The Kier molecular flexibility index (Phi) is 2.88. The maximum absolute atomic E-state index is 9.60. The topological polar surface area (TPSA) is 42.4 Å². The van der Waals surface area contributed by atoms with E-state index in [0.29, 0.717) is 6.42 Å². The van der Waals surface area contributed by atoms with E-state index >= 15 is 0 Å². The van der Waals surface area contributed by atoms with Crippen LogP contribution in [0.25, 0.3) is 0 Å². The van der Waals surface area contributed by atoms with Crippen molar-refractivity contribution in [3.05, 3.63) is 24.0 Å². The van der Waals surface area contributed by atoms with Crippen LogP contribution in [0.1, 0.15) is 19.5 Å². The summed E-state index contributed by atoms with van der Waals surface area (Å²) in [5.74, 6) is 0.727. The van der Waals surface area contributed by atoms with E-state index in [2.05, 4.69) is 4.98 Å². The Labute approximate surface area is 78.4 Å². The highest BCUT2D eigenvalue weighted by Gasteiger charge is 2.16. The molecule has 1 aromatic heterocycles. The first-order valence-corrected chi connectivity index (χ1v) is 4.23. The zero-order valence-electron chi connectivity index (χ0n) is 8.24. The number of pyridine rings is 1. The van der Waals surface area contributed by atoms with Crippen molar-refractivity contribution in [3.8, 4) is 5.75 Å². The molecule has 1 aromatic rings. The summed E-state index contributed by atoms with van der Waals surface area (Å²) in [6.45, 7) is 3.50. The third-order valence-electron chi connectivity index (χ3n) is 1.67. The van der Waals surface area contributed by atoms with E-state index in [0.717, 1.165) is 11.4 Å². The van der Waals surface area contributed by atoms with Crippen LogP contribution in [0.15, 0.2) is 18.3 Å². The number of hydrogen-bond donors (Lipinski definition) is 1. The fourth-order valence-corrected chi connectivity index (χ4v) is 1.15. The molecule has 0 aliphatic heterocycles. The van der Waals surface area contributed by atoms with Gasteiger partial charge in [0.25, 0.3) is 0 Å². The van der Waals surface area contributed by atoms with Gasteiger partial charge in [0.15, 0.2) is 0 Å². The van der Waals surface area contributed by atoms with Crippen molar-refractivity contribution in [2.24, 2.45) is 0 Å². The molecule has 0 aliphatic carbocycles. The third-order valence-corrected chi connectivity index (χ3v) is 1.67. The Balaban J connectivity index is 2.87. The number of aliphatic hydroxyl groups is 1. The number of aromatic nitrogens is 1. The molecule has 72 valence electrons. The maximum atomic E-state index is 9.60. The van der Waals surface area contributed by atoms with E-state index in [1.54, 1.807) is 27.2 Å². The smallest absolute Gasteiger partial charge is 0.140 e. The summed E-state index contributed by atoms with van der Waals surface area (Å²) in [6, 6.07) is 3.65. The van der Waals surface area contributed by atoms with Gasteiger partial charge in [-0.25, -0.2) is 0 Å². The van der Waals surface area contributed by atoms with Gasteiger partial charge in [0.1, 0.15) is 5.75 Å². The van der Waals surface area contributed by atoms with Gasteiger partial charge >= 0.3 is 0 Å². The predicted octanol–water partition coefficient (Wildman–Crippen LogP) is 1.40. The van der Waals surface area contributed by atoms with Crippen LogP contribution in [0.5, 0.6) is 5.75 Å². The van der Waals surface area contributed by atoms with Crippen LogP contribution in [-0.4, -0.2) is 22.8 Å². The molecule has 0 saturated carbocycles. The molecule has 1 heterocycles. The number of hydrogen-bond acceptors (Lipinski definition) is 3. The third kappa shape index (κ3) is 3.03. The molecule has 0 spiro atoms.